The number of rotatable bonds is 7. The third-order valence-electron chi connectivity index (χ3n) is 1.91. The van der Waals surface area contributed by atoms with E-state index in [2.05, 4.69) is 10.2 Å². The fraction of sp³-hybridized carbons (Fsp3) is 0.900. The molecule has 0 saturated heterocycles. The van der Waals surface area contributed by atoms with Gasteiger partial charge in [-0.15, -0.1) is 0 Å². The van der Waals surface area contributed by atoms with Crippen molar-refractivity contribution in [3.05, 3.63) is 0 Å². The average Bonchev–Trinajstić information content (AvgIpc) is 2.10. The van der Waals surface area contributed by atoms with Gasteiger partial charge < -0.3 is 16.0 Å². The summed E-state index contributed by atoms with van der Waals surface area (Å²) in [6.45, 7) is 6.42. The van der Waals surface area contributed by atoms with Crippen LogP contribution in [-0.4, -0.2) is 43.5 Å². The van der Waals surface area contributed by atoms with E-state index in [-0.39, 0.29) is 11.9 Å². The van der Waals surface area contributed by atoms with Crippen LogP contribution in [0.4, 0.5) is 0 Å². The monoisotopic (exact) mass is 201 g/mol. The summed E-state index contributed by atoms with van der Waals surface area (Å²) < 4.78 is 0. The smallest absolute Gasteiger partial charge is 0.221 e. The highest BCUT2D eigenvalue weighted by molar-refractivity contribution is 5.76. The third-order valence-corrected chi connectivity index (χ3v) is 1.91. The quantitative estimate of drug-likeness (QED) is 0.618. The molecule has 0 unspecified atom stereocenters. The van der Waals surface area contributed by atoms with Crippen molar-refractivity contribution < 1.29 is 4.79 Å². The summed E-state index contributed by atoms with van der Waals surface area (Å²) in [4.78, 5) is 13.4. The Kier molecular flexibility index (Phi) is 7.42. The Morgan fingerprint density at radius 1 is 1.43 bits per heavy atom. The molecule has 0 saturated carbocycles. The number of hydrogen-bond acceptors (Lipinski definition) is 3. The van der Waals surface area contributed by atoms with E-state index in [0.717, 1.165) is 19.5 Å². The molecule has 4 heteroatoms. The van der Waals surface area contributed by atoms with Gasteiger partial charge in [0.2, 0.25) is 5.91 Å². The summed E-state index contributed by atoms with van der Waals surface area (Å²) in [6, 6.07) is 0.233. The van der Waals surface area contributed by atoms with Crippen LogP contribution in [0, 0.1) is 0 Å². The molecule has 0 rings (SSSR count). The molecule has 1 amide bonds. The molecule has 14 heavy (non-hydrogen) atoms. The van der Waals surface area contributed by atoms with E-state index < -0.39 is 0 Å². The predicted molar refractivity (Wildman–Crippen MR) is 59.1 cm³/mol. The Labute approximate surface area is 86.8 Å². The van der Waals surface area contributed by atoms with Gasteiger partial charge in [0.05, 0.1) is 0 Å². The number of carbonyl (C=O) groups excluding carboxylic acids is 1. The number of nitrogens with zero attached hydrogens (tertiary/aromatic N) is 1. The van der Waals surface area contributed by atoms with Crippen molar-refractivity contribution in [3.8, 4) is 0 Å². The van der Waals surface area contributed by atoms with Crippen LogP contribution in [0.15, 0.2) is 0 Å². The van der Waals surface area contributed by atoms with Crippen LogP contribution in [0.5, 0.6) is 0 Å². The first-order valence-corrected chi connectivity index (χ1v) is 5.24. The molecule has 0 aliphatic heterocycles. The lowest BCUT2D eigenvalue weighted by Crippen LogP contribution is -2.33. The van der Waals surface area contributed by atoms with Crippen LogP contribution >= 0.6 is 0 Å². The lowest BCUT2D eigenvalue weighted by Gasteiger charge is -2.16. The molecule has 0 spiro atoms. The number of nitrogens with one attached hydrogen (secondary N) is 1. The Hall–Kier alpha value is -0.610. The zero-order valence-electron chi connectivity index (χ0n) is 9.55. The fourth-order valence-electron chi connectivity index (χ4n) is 1.16. The Morgan fingerprint density at radius 3 is 2.57 bits per heavy atom. The first-order chi connectivity index (χ1) is 6.56. The van der Waals surface area contributed by atoms with Crippen LogP contribution in [-0.2, 0) is 4.79 Å². The normalized spacial score (nSPS) is 11.0. The van der Waals surface area contributed by atoms with E-state index in [1.165, 1.54) is 0 Å². The van der Waals surface area contributed by atoms with E-state index >= 15 is 0 Å². The van der Waals surface area contributed by atoms with Crippen molar-refractivity contribution in [2.75, 3.05) is 26.7 Å². The molecule has 0 aliphatic rings. The zero-order chi connectivity index (χ0) is 11.0. The molecular formula is C10H23N3O. The molecule has 4 nitrogen and oxygen atoms in total. The molecule has 0 aliphatic carbocycles. The molecule has 0 atom stereocenters. The predicted octanol–water partition coefficient (Wildman–Crippen LogP) is 0.182. The van der Waals surface area contributed by atoms with Gasteiger partial charge in [-0.25, -0.2) is 0 Å². The van der Waals surface area contributed by atoms with E-state index in [9.17, 15) is 4.79 Å². The minimum Gasteiger partial charge on any atom is -0.354 e. The first kappa shape index (κ1) is 13.4. The lowest BCUT2D eigenvalue weighted by atomic mass is 10.3. The van der Waals surface area contributed by atoms with Crippen molar-refractivity contribution in [1.29, 1.82) is 0 Å². The summed E-state index contributed by atoms with van der Waals surface area (Å²) in [6.07, 6.45) is 1.56. The second-order valence-corrected chi connectivity index (χ2v) is 3.92. The van der Waals surface area contributed by atoms with E-state index in [4.69, 9.17) is 5.73 Å². The van der Waals surface area contributed by atoms with Gasteiger partial charge in [0.1, 0.15) is 0 Å². The maximum absolute atomic E-state index is 11.3. The van der Waals surface area contributed by atoms with Gasteiger partial charge in [0.15, 0.2) is 0 Å². The molecular weight excluding hydrogens is 178 g/mol. The highest BCUT2D eigenvalue weighted by Crippen LogP contribution is 1.90. The fourth-order valence-corrected chi connectivity index (χ4v) is 1.16. The minimum absolute atomic E-state index is 0.125. The molecule has 0 fully saturated rings. The summed E-state index contributed by atoms with van der Waals surface area (Å²) in [5, 5.41) is 2.86. The van der Waals surface area contributed by atoms with Gasteiger partial charge in [-0.1, -0.05) is 0 Å². The SMILES string of the molecule is CC(C)NC(=O)CCN(C)CCCN. The van der Waals surface area contributed by atoms with Gasteiger partial charge >= 0.3 is 0 Å². The molecule has 0 radical (unpaired) electrons. The number of nitrogens with two attached hydrogens (primary N) is 1. The molecule has 84 valence electrons. The van der Waals surface area contributed by atoms with Gasteiger partial charge in [-0.2, -0.15) is 0 Å². The van der Waals surface area contributed by atoms with E-state index in [1.54, 1.807) is 0 Å². The van der Waals surface area contributed by atoms with Gasteiger partial charge in [0.25, 0.3) is 0 Å². The van der Waals surface area contributed by atoms with Crippen LogP contribution in [0.25, 0.3) is 0 Å². The van der Waals surface area contributed by atoms with Crippen molar-refractivity contribution in [1.82, 2.24) is 10.2 Å². The van der Waals surface area contributed by atoms with Crippen LogP contribution < -0.4 is 11.1 Å². The summed E-state index contributed by atoms with van der Waals surface area (Å²) in [7, 11) is 2.01. The maximum atomic E-state index is 11.3. The van der Waals surface area contributed by atoms with Crippen molar-refractivity contribution >= 4 is 5.91 Å². The van der Waals surface area contributed by atoms with Gasteiger partial charge in [-0.3, -0.25) is 4.79 Å². The Morgan fingerprint density at radius 2 is 2.07 bits per heavy atom. The molecule has 0 aromatic heterocycles. The molecule has 0 aromatic carbocycles. The molecule has 0 aromatic rings. The van der Waals surface area contributed by atoms with Crippen molar-refractivity contribution in [2.24, 2.45) is 5.73 Å². The lowest BCUT2D eigenvalue weighted by molar-refractivity contribution is -0.121. The second kappa shape index (κ2) is 7.76. The Bertz CT molecular complexity index is 159. The molecule has 3 N–H and O–H groups in total. The maximum Gasteiger partial charge on any atom is 0.221 e. The van der Waals surface area contributed by atoms with Crippen molar-refractivity contribution in [3.63, 3.8) is 0 Å². The van der Waals surface area contributed by atoms with Crippen LogP contribution in [0.1, 0.15) is 26.7 Å². The zero-order valence-corrected chi connectivity index (χ0v) is 9.55. The average molecular weight is 201 g/mol. The number of amides is 1. The van der Waals surface area contributed by atoms with E-state index in [1.807, 2.05) is 20.9 Å². The Balaban J connectivity index is 3.45. The largest absolute Gasteiger partial charge is 0.354 e. The van der Waals surface area contributed by atoms with Gasteiger partial charge in [0, 0.05) is 19.0 Å². The third kappa shape index (κ3) is 8.01. The molecule has 0 heterocycles. The van der Waals surface area contributed by atoms with Gasteiger partial charge in [-0.05, 0) is 40.4 Å². The topological polar surface area (TPSA) is 58.4 Å². The number of hydrogen-bond donors (Lipinski definition) is 2. The highest BCUT2D eigenvalue weighted by Gasteiger charge is 2.04. The minimum atomic E-state index is 0.125. The molecule has 0 bridgehead atoms. The standard InChI is InChI=1S/C10H23N3O/c1-9(2)12-10(14)5-8-13(3)7-4-6-11/h9H,4-8,11H2,1-3H3,(H,12,14). The van der Waals surface area contributed by atoms with Crippen molar-refractivity contribution in [2.45, 2.75) is 32.7 Å². The summed E-state index contributed by atoms with van der Waals surface area (Å²) in [5.74, 6) is 0.125. The highest BCUT2D eigenvalue weighted by atomic mass is 16.1. The van der Waals surface area contributed by atoms with E-state index in [0.29, 0.717) is 13.0 Å². The summed E-state index contributed by atoms with van der Waals surface area (Å²) >= 11 is 0. The van der Waals surface area contributed by atoms with Crippen LogP contribution in [0.2, 0.25) is 0 Å². The first-order valence-electron chi connectivity index (χ1n) is 5.24. The number of carbonyl (C=O) groups is 1. The summed E-state index contributed by atoms with van der Waals surface area (Å²) in [5.41, 5.74) is 5.39. The second-order valence-electron chi connectivity index (χ2n) is 3.92. The van der Waals surface area contributed by atoms with Crippen LogP contribution in [0.3, 0.4) is 0 Å².